The van der Waals surface area contributed by atoms with Crippen LogP contribution in [0.2, 0.25) is 0 Å². The Hall–Kier alpha value is -1.29. The Balaban J connectivity index is 2.41. The van der Waals surface area contributed by atoms with Gasteiger partial charge in [-0.1, -0.05) is 0 Å². The summed E-state index contributed by atoms with van der Waals surface area (Å²) >= 11 is 0. The minimum absolute atomic E-state index is 0.312. The molecule has 4 nitrogen and oxygen atoms in total. The molecule has 0 aromatic carbocycles. The molecule has 0 radical (unpaired) electrons. The third kappa shape index (κ3) is 3.22. The number of carbonyl (C=O) groups is 1. The van der Waals surface area contributed by atoms with Gasteiger partial charge in [0.25, 0.3) is 0 Å². The van der Waals surface area contributed by atoms with Crippen molar-refractivity contribution in [2.45, 2.75) is 32.5 Å². The van der Waals surface area contributed by atoms with E-state index in [9.17, 15) is 9.90 Å². The zero-order valence-electron chi connectivity index (χ0n) is 8.27. The molecule has 0 aliphatic carbocycles. The summed E-state index contributed by atoms with van der Waals surface area (Å²) in [6, 6.07) is 3.39. The second-order valence-electron chi connectivity index (χ2n) is 3.19. The number of hydrogen-bond donors (Lipinski definition) is 1. The molecule has 0 aliphatic rings. The molecule has 1 aromatic rings. The summed E-state index contributed by atoms with van der Waals surface area (Å²) < 4.78 is 9.89. The zero-order chi connectivity index (χ0) is 10.6. The topological polar surface area (TPSA) is 59.7 Å². The van der Waals surface area contributed by atoms with Crippen LogP contribution in [0.1, 0.15) is 32.1 Å². The lowest BCUT2D eigenvalue weighted by Crippen LogP contribution is -2.15. The number of carbonyl (C=O) groups excluding carboxylic acids is 1. The molecule has 78 valence electrons. The predicted molar refractivity (Wildman–Crippen MR) is 49.5 cm³/mol. The fourth-order valence-corrected chi connectivity index (χ4v) is 1.24. The van der Waals surface area contributed by atoms with Crippen LogP contribution in [0.4, 0.5) is 0 Å². The van der Waals surface area contributed by atoms with Gasteiger partial charge in [0.2, 0.25) is 0 Å². The molecule has 0 amide bonds. The summed E-state index contributed by atoms with van der Waals surface area (Å²) in [6.07, 6.45) is 0.800. The van der Waals surface area contributed by atoms with Crippen molar-refractivity contribution in [3.8, 4) is 0 Å². The molecule has 0 saturated carbocycles. The lowest BCUT2D eigenvalue weighted by molar-refractivity contribution is -0.146. The highest BCUT2D eigenvalue weighted by Gasteiger charge is 2.16. The van der Waals surface area contributed by atoms with Gasteiger partial charge in [-0.15, -0.1) is 0 Å². The molecule has 0 spiro atoms. The van der Waals surface area contributed by atoms with E-state index in [1.165, 1.54) is 13.2 Å². The molecule has 1 rings (SSSR count). The van der Waals surface area contributed by atoms with E-state index < -0.39 is 6.10 Å². The molecule has 0 unspecified atom stereocenters. The van der Waals surface area contributed by atoms with Crippen LogP contribution in [0.5, 0.6) is 0 Å². The van der Waals surface area contributed by atoms with Gasteiger partial charge in [-0.3, -0.25) is 4.79 Å². The average molecular weight is 198 g/mol. The van der Waals surface area contributed by atoms with Crippen molar-refractivity contribution in [3.05, 3.63) is 24.2 Å². The first kappa shape index (κ1) is 10.8. The van der Waals surface area contributed by atoms with Gasteiger partial charge in [0.05, 0.1) is 6.26 Å². The molecule has 1 heterocycles. The summed E-state index contributed by atoms with van der Waals surface area (Å²) in [4.78, 5) is 10.6. The van der Waals surface area contributed by atoms with Gasteiger partial charge in [-0.25, -0.2) is 0 Å². The van der Waals surface area contributed by atoms with Gasteiger partial charge in [-0.2, -0.15) is 0 Å². The maximum atomic E-state index is 10.6. The maximum Gasteiger partial charge on any atom is 0.302 e. The fraction of sp³-hybridized carbons (Fsp3) is 0.500. The second-order valence-corrected chi connectivity index (χ2v) is 3.19. The molecule has 0 bridgehead atoms. The van der Waals surface area contributed by atoms with Crippen molar-refractivity contribution in [1.82, 2.24) is 0 Å². The van der Waals surface area contributed by atoms with Crippen LogP contribution >= 0.6 is 0 Å². The largest absolute Gasteiger partial charge is 0.467 e. The van der Waals surface area contributed by atoms with E-state index >= 15 is 0 Å². The molecule has 0 fully saturated rings. The quantitative estimate of drug-likeness (QED) is 0.747. The van der Waals surface area contributed by atoms with E-state index in [0.29, 0.717) is 12.2 Å². The Morgan fingerprint density at radius 3 is 2.93 bits per heavy atom. The Labute approximate surface area is 82.5 Å². The number of ether oxygens (including phenoxy) is 1. The highest BCUT2D eigenvalue weighted by Crippen LogP contribution is 2.19. The van der Waals surface area contributed by atoms with Crippen molar-refractivity contribution in [2.24, 2.45) is 0 Å². The number of furan rings is 1. The fourth-order valence-electron chi connectivity index (χ4n) is 1.24. The van der Waals surface area contributed by atoms with Crippen LogP contribution in [-0.2, 0) is 9.53 Å². The van der Waals surface area contributed by atoms with Gasteiger partial charge in [0.15, 0.2) is 0 Å². The number of hydrogen-bond acceptors (Lipinski definition) is 4. The highest BCUT2D eigenvalue weighted by atomic mass is 16.5. The van der Waals surface area contributed by atoms with Crippen LogP contribution in [0.3, 0.4) is 0 Å². The minimum atomic E-state index is -0.723. The van der Waals surface area contributed by atoms with Crippen LogP contribution in [-0.4, -0.2) is 17.2 Å². The van der Waals surface area contributed by atoms with E-state index in [1.807, 2.05) is 0 Å². The van der Waals surface area contributed by atoms with Crippen LogP contribution in [0.15, 0.2) is 22.8 Å². The SMILES string of the molecule is CC(=O)O[C@H](C)C[C@@H](O)c1ccco1. The highest BCUT2D eigenvalue weighted by molar-refractivity contribution is 5.66. The molecule has 1 N–H and O–H groups in total. The molecular formula is C10H14O4. The average Bonchev–Trinajstić information content (AvgIpc) is 2.53. The summed E-state index contributed by atoms with van der Waals surface area (Å²) in [6.45, 7) is 3.07. The molecule has 0 saturated heterocycles. The molecule has 14 heavy (non-hydrogen) atoms. The van der Waals surface area contributed by atoms with Crippen molar-refractivity contribution in [2.75, 3.05) is 0 Å². The monoisotopic (exact) mass is 198 g/mol. The maximum absolute atomic E-state index is 10.6. The van der Waals surface area contributed by atoms with Crippen LogP contribution in [0.25, 0.3) is 0 Å². The zero-order valence-corrected chi connectivity index (χ0v) is 8.27. The lowest BCUT2D eigenvalue weighted by atomic mass is 10.1. The normalized spacial score (nSPS) is 14.8. The number of aliphatic hydroxyl groups is 1. The first-order chi connectivity index (χ1) is 6.59. The number of esters is 1. The van der Waals surface area contributed by atoms with Crippen LogP contribution in [0, 0.1) is 0 Å². The summed E-state index contributed by atoms with van der Waals surface area (Å²) in [5, 5.41) is 9.61. The minimum Gasteiger partial charge on any atom is -0.467 e. The first-order valence-electron chi connectivity index (χ1n) is 4.48. The van der Waals surface area contributed by atoms with E-state index in [4.69, 9.17) is 9.15 Å². The Morgan fingerprint density at radius 1 is 1.71 bits per heavy atom. The van der Waals surface area contributed by atoms with Crippen LogP contribution < -0.4 is 0 Å². The summed E-state index contributed by atoms with van der Waals surface area (Å²) in [7, 11) is 0. The number of rotatable bonds is 4. The third-order valence-corrected chi connectivity index (χ3v) is 1.79. The van der Waals surface area contributed by atoms with E-state index in [1.54, 1.807) is 19.1 Å². The summed E-state index contributed by atoms with van der Waals surface area (Å²) in [5.74, 6) is 0.146. The molecule has 2 atom stereocenters. The Morgan fingerprint density at radius 2 is 2.43 bits per heavy atom. The molecule has 4 heteroatoms. The van der Waals surface area contributed by atoms with Crippen molar-refractivity contribution < 1.29 is 19.1 Å². The van der Waals surface area contributed by atoms with Gasteiger partial charge in [0.1, 0.15) is 18.0 Å². The molecule has 0 aliphatic heterocycles. The van der Waals surface area contributed by atoms with Crippen molar-refractivity contribution in [1.29, 1.82) is 0 Å². The molecular weight excluding hydrogens is 184 g/mol. The first-order valence-corrected chi connectivity index (χ1v) is 4.48. The van der Waals surface area contributed by atoms with Gasteiger partial charge in [-0.05, 0) is 19.1 Å². The van der Waals surface area contributed by atoms with Gasteiger partial charge in [0, 0.05) is 13.3 Å². The Kier molecular flexibility index (Phi) is 3.71. The summed E-state index contributed by atoms with van der Waals surface area (Å²) in [5.41, 5.74) is 0. The molecule has 1 aromatic heterocycles. The lowest BCUT2D eigenvalue weighted by Gasteiger charge is -2.14. The van der Waals surface area contributed by atoms with Crippen molar-refractivity contribution >= 4 is 5.97 Å². The Bertz CT molecular complexity index is 278. The van der Waals surface area contributed by atoms with Crippen molar-refractivity contribution in [3.63, 3.8) is 0 Å². The van der Waals surface area contributed by atoms with Gasteiger partial charge < -0.3 is 14.3 Å². The number of aliphatic hydroxyl groups excluding tert-OH is 1. The van der Waals surface area contributed by atoms with E-state index in [2.05, 4.69) is 0 Å². The standard InChI is InChI=1S/C10H14O4/c1-7(14-8(2)11)6-9(12)10-4-3-5-13-10/h3-5,7,9,12H,6H2,1-2H3/t7-,9-/m1/s1. The van der Waals surface area contributed by atoms with E-state index in [-0.39, 0.29) is 12.1 Å². The predicted octanol–water partition coefficient (Wildman–Crippen LogP) is 1.65. The smallest absolute Gasteiger partial charge is 0.302 e. The van der Waals surface area contributed by atoms with E-state index in [0.717, 1.165) is 0 Å². The third-order valence-electron chi connectivity index (χ3n) is 1.79. The second kappa shape index (κ2) is 4.81. The van der Waals surface area contributed by atoms with Gasteiger partial charge >= 0.3 is 5.97 Å².